The first-order valence-electron chi connectivity index (χ1n) is 4.99. The van der Waals surface area contributed by atoms with Gasteiger partial charge in [0.05, 0.1) is 4.92 Å². The summed E-state index contributed by atoms with van der Waals surface area (Å²) in [5, 5.41) is 10.1. The molecule has 0 heterocycles. The molecule has 0 unspecified atom stereocenters. The molecule has 0 aliphatic rings. The predicted octanol–water partition coefficient (Wildman–Crippen LogP) is 3.01. The highest BCUT2D eigenvalue weighted by atomic mass is 127. The Bertz CT molecular complexity index is 594. The SMILES string of the molecule is O=[N+]([O-])c1c(Cl)ccc(S(=O)(=O)NCCCI)c1Cl. The van der Waals surface area contributed by atoms with E-state index in [9.17, 15) is 18.5 Å². The number of rotatable bonds is 6. The molecule has 0 atom stereocenters. The van der Waals surface area contributed by atoms with Gasteiger partial charge in [0.1, 0.15) is 14.9 Å². The van der Waals surface area contributed by atoms with Gasteiger partial charge in [0.15, 0.2) is 0 Å². The molecule has 1 aromatic carbocycles. The first kappa shape index (κ1) is 16.9. The Kier molecular flexibility index (Phi) is 6.24. The van der Waals surface area contributed by atoms with Gasteiger partial charge in [-0.15, -0.1) is 0 Å². The molecule has 6 nitrogen and oxygen atoms in total. The predicted molar refractivity (Wildman–Crippen MR) is 81.8 cm³/mol. The lowest BCUT2D eigenvalue weighted by Crippen LogP contribution is -2.25. The highest BCUT2D eigenvalue weighted by Crippen LogP contribution is 2.36. The maximum absolute atomic E-state index is 12.0. The second kappa shape index (κ2) is 7.02. The molecule has 0 saturated heterocycles. The van der Waals surface area contributed by atoms with E-state index in [0.29, 0.717) is 6.42 Å². The van der Waals surface area contributed by atoms with Gasteiger partial charge in [-0.2, -0.15) is 0 Å². The van der Waals surface area contributed by atoms with Crippen LogP contribution in [0.1, 0.15) is 6.42 Å². The normalized spacial score (nSPS) is 11.5. The third-order valence-electron chi connectivity index (χ3n) is 2.11. The quantitative estimate of drug-likeness (QED) is 0.243. The Balaban J connectivity index is 3.21. The third kappa shape index (κ3) is 4.15. The topological polar surface area (TPSA) is 89.3 Å². The van der Waals surface area contributed by atoms with Gasteiger partial charge >= 0.3 is 5.69 Å². The number of halogens is 3. The zero-order valence-corrected chi connectivity index (χ0v) is 13.9. The van der Waals surface area contributed by atoms with Crippen LogP contribution in [0.15, 0.2) is 17.0 Å². The number of hydrogen-bond acceptors (Lipinski definition) is 4. The molecular formula is C9H9Cl2IN2O4S. The van der Waals surface area contributed by atoms with Gasteiger partial charge in [-0.3, -0.25) is 10.1 Å². The van der Waals surface area contributed by atoms with E-state index in [2.05, 4.69) is 27.3 Å². The number of nitro benzene ring substituents is 1. The molecule has 1 N–H and O–H groups in total. The zero-order valence-electron chi connectivity index (χ0n) is 9.40. The average Bonchev–Trinajstić information content (AvgIpc) is 2.28. The van der Waals surface area contributed by atoms with Crippen LogP contribution in [-0.4, -0.2) is 24.3 Å². The van der Waals surface area contributed by atoms with Gasteiger partial charge in [-0.25, -0.2) is 13.1 Å². The van der Waals surface area contributed by atoms with E-state index >= 15 is 0 Å². The van der Waals surface area contributed by atoms with E-state index in [1.54, 1.807) is 0 Å². The van der Waals surface area contributed by atoms with Gasteiger partial charge < -0.3 is 0 Å². The van der Waals surface area contributed by atoms with E-state index in [1.165, 1.54) is 0 Å². The molecule has 10 heteroatoms. The molecule has 0 spiro atoms. The molecule has 19 heavy (non-hydrogen) atoms. The number of alkyl halides is 1. The summed E-state index contributed by atoms with van der Waals surface area (Å²) in [4.78, 5) is 9.64. The molecule has 0 fully saturated rings. The maximum atomic E-state index is 12.0. The number of hydrogen-bond donors (Lipinski definition) is 1. The van der Waals surface area contributed by atoms with Crippen LogP contribution in [-0.2, 0) is 10.0 Å². The second-order valence-electron chi connectivity index (χ2n) is 3.41. The van der Waals surface area contributed by atoms with Gasteiger partial charge in [0.2, 0.25) is 10.0 Å². The molecule has 106 valence electrons. The first-order chi connectivity index (χ1) is 8.81. The van der Waals surface area contributed by atoms with Gasteiger partial charge in [0.25, 0.3) is 0 Å². The largest absolute Gasteiger partial charge is 0.307 e. The van der Waals surface area contributed by atoms with Crippen molar-refractivity contribution in [2.75, 3.05) is 11.0 Å². The van der Waals surface area contributed by atoms with Gasteiger partial charge in [-0.05, 0) is 18.6 Å². The summed E-state index contributed by atoms with van der Waals surface area (Å²) in [7, 11) is -3.88. The van der Waals surface area contributed by atoms with Gasteiger partial charge in [0, 0.05) is 11.0 Å². The monoisotopic (exact) mass is 438 g/mol. The Morgan fingerprint density at radius 1 is 1.37 bits per heavy atom. The highest BCUT2D eigenvalue weighted by molar-refractivity contribution is 14.1. The van der Waals surface area contributed by atoms with Crippen LogP contribution in [0.3, 0.4) is 0 Å². The van der Waals surface area contributed by atoms with Crippen LogP contribution in [0.5, 0.6) is 0 Å². The minimum atomic E-state index is -3.88. The fourth-order valence-electron chi connectivity index (χ4n) is 1.25. The minimum absolute atomic E-state index is 0.207. The Labute approximate surface area is 133 Å². The first-order valence-corrected chi connectivity index (χ1v) is 8.75. The summed E-state index contributed by atoms with van der Waals surface area (Å²) in [5.74, 6) is 0. The summed E-state index contributed by atoms with van der Waals surface area (Å²) in [6.45, 7) is 0.234. The number of nitrogens with one attached hydrogen (secondary N) is 1. The smallest absolute Gasteiger partial charge is 0.258 e. The lowest BCUT2D eigenvalue weighted by atomic mass is 10.3. The number of nitro groups is 1. The third-order valence-corrected chi connectivity index (χ3v) is 5.17. The summed E-state index contributed by atoms with van der Waals surface area (Å²) >= 11 is 13.5. The molecule has 0 aliphatic heterocycles. The molecule has 1 rings (SSSR count). The van der Waals surface area contributed by atoms with Crippen molar-refractivity contribution < 1.29 is 13.3 Å². The lowest BCUT2D eigenvalue weighted by Gasteiger charge is -2.08. The van der Waals surface area contributed by atoms with E-state index in [0.717, 1.165) is 16.6 Å². The number of sulfonamides is 1. The van der Waals surface area contributed by atoms with E-state index < -0.39 is 25.7 Å². The Hall–Kier alpha value is -0.160. The van der Waals surface area contributed by atoms with Crippen molar-refractivity contribution >= 4 is 61.5 Å². The Morgan fingerprint density at radius 3 is 2.53 bits per heavy atom. The number of benzene rings is 1. The number of nitrogens with zero attached hydrogens (tertiary/aromatic N) is 1. The second-order valence-corrected chi connectivity index (χ2v) is 7.00. The molecule has 0 radical (unpaired) electrons. The Morgan fingerprint density at radius 2 is 2.00 bits per heavy atom. The van der Waals surface area contributed by atoms with Crippen LogP contribution in [0.4, 0.5) is 5.69 Å². The highest BCUT2D eigenvalue weighted by Gasteiger charge is 2.27. The van der Waals surface area contributed by atoms with Crippen molar-refractivity contribution in [3.63, 3.8) is 0 Å². The lowest BCUT2D eigenvalue weighted by molar-refractivity contribution is -0.384. The van der Waals surface area contributed by atoms with Crippen molar-refractivity contribution in [1.82, 2.24) is 4.72 Å². The van der Waals surface area contributed by atoms with E-state index in [1.807, 2.05) is 0 Å². The van der Waals surface area contributed by atoms with Crippen LogP contribution >= 0.6 is 45.8 Å². The van der Waals surface area contributed by atoms with Crippen molar-refractivity contribution in [3.8, 4) is 0 Å². The fourth-order valence-corrected chi connectivity index (χ4v) is 3.59. The van der Waals surface area contributed by atoms with Crippen molar-refractivity contribution in [2.45, 2.75) is 11.3 Å². The van der Waals surface area contributed by atoms with Gasteiger partial charge in [-0.1, -0.05) is 45.8 Å². The molecular weight excluding hydrogens is 430 g/mol. The summed E-state index contributed by atoms with van der Waals surface area (Å²) in [6.07, 6.45) is 0.646. The van der Waals surface area contributed by atoms with E-state index in [4.69, 9.17) is 23.2 Å². The minimum Gasteiger partial charge on any atom is -0.258 e. The molecule has 0 bridgehead atoms. The van der Waals surface area contributed by atoms with Crippen LogP contribution in [0.25, 0.3) is 0 Å². The summed E-state index contributed by atoms with van der Waals surface area (Å²) in [5.41, 5.74) is -0.611. The molecule has 0 aliphatic carbocycles. The maximum Gasteiger partial charge on any atom is 0.307 e. The molecule has 1 aromatic rings. The summed E-state index contributed by atoms with van der Waals surface area (Å²) < 4.78 is 27.0. The average molecular weight is 439 g/mol. The van der Waals surface area contributed by atoms with E-state index in [-0.39, 0.29) is 16.5 Å². The zero-order chi connectivity index (χ0) is 14.6. The summed E-state index contributed by atoms with van der Waals surface area (Å²) in [6, 6.07) is 2.28. The van der Waals surface area contributed by atoms with Crippen LogP contribution in [0.2, 0.25) is 10.0 Å². The van der Waals surface area contributed by atoms with Crippen LogP contribution in [0, 0.1) is 10.1 Å². The van der Waals surface area contributed by atoms with Crippen molar-refractivity contribution in [3.05, 3.63) is 32.3 Å². The standard InChI is InChI=1S/C9H9Cl2IN2O4S/c10-6-2-3-7(8(11)9(6)14(15)16)19(17,18)13-5-1-4-12/h2-3,13H,1,4-5H2. The van der Waals surface area contributed by atoms with Crippen molar-refractivity contribution in [1.29, 1.82) is 0 Å². The molecule has 0 aromatic heterocycles. The molecule has 0 saturated carbocycles. The van der Waals surface area contributed by atoms with Crippen molar-refractivity contribution in [2.24, 2.45) is 0 Å². The molecule has 0 amide bonds. The van der Waals surface area contributed by atoms with Crippen LogP contribution < -0.4 is 4.72 Å². The fraction of sp³-hybridized carbons (Fsp3) is 0.333.